The molecule has 17 heavy (non-hydrogen) atoms. The van der Waals surface area contributed by atoms with E-state index in [-0.39, 0.29) is 12.1 Å². The summed E-state index contributed by atoms with van der Waals surface area (Å²) in [7, 11) is -1.54. The highest BCUT2D eigenvalue weighted by atomic mass is 79.9. The lowest BCUT2D eigenvalue weighted by atomic mass is 10.2. The smallest absolute Gasteiger partial charge is 0.340 e. The Labute approximate surface area is 110 Å². The van der Waals surface area contributed by atoms with Crippen LogP contribution in [0.15, 0.2) is 22.7 Å². The third kappa shape index (κ3) is 3.19. The summed E-state index contributed by atoms with van der Waals surface area (Å²) in [5.74, 6) is -0.567. The molecule has 0 heterocycles. The average Bonchev–Trinajstić information content (AvgIpc) is 2.29. The van der Waals surface area contributed by atoms with Gasteiger partial charge in [0.2, 0.25) is 10.9 Å². The number of thiol groups is 1. The van der Waals surface area contributed by atoms with Gasteiger partial charge in [0.15, 0.2) is 0 Å². The molecule has 5 nitrogen and oxygen atoms in total. The van der Waals surface area contributed by atoms with Gasteiger partial charge in [-0.3, -0.25) is 4.31 Å². The molecule has 0 unspecified atom stereocenters. The molecule has 1 aromatic carbocycles. The molecule has 1 aromatic rings. The lowest BCUT2D eigenvalue weighted by molar-refractivity contribution is 0.0601. The Morgan fingerprint density at radius 2 is 2.12 bits per heavy atom. The standard InChI is InChI=1S/C10H12BrNO4S/c1-3-12(17(14)15)9-6-7(11)4-5-8(9)10(13)16-2/h4-6,17H,3H2,1-2H3. The summed E-state index contributed by atoms with van der Waals surface area (Å²) in [4.78, 5) is 11.5. The van der Waals surface area contributed by atoms with Crippen LogP contribution >= 0.6 is 15.9 Å². The third-order valence-corrected chi connectivity index (χ3v) is 3.53. The van der Waals surface area contributed by atoms with E-state index in [4.69, 9.17) is 0 Å². The number of anilines is 1. The minimum absolute atomic E-state index is 0.219. The van der Waals surface area contributed by atoms with Gasteiger partial charge in [0.05, 0.1) is 18.4 Å². The van der Waals surface area contributed by atoms with Crippen LogP contribution in [0.25, 0.3) is 0 Å². The van der Waals surface area contributed by atoms with Crippen LogP contribution in [0, 0.1) is 0 Å². The Bertz CT molecular complexity index is 493. The van der Waals surface area contributed by atoms with Gasteiger partial charge in [-0.15, -0.1) is 0 Å². The van der Waals surface area contributed by atoms with E-state index in [0.717, 1.165) is 4.31 Å². The highest BCUT2D eigenvalue weighted by Crippen LogP contribution is 2.26. The molecule has 1 rings (SSSR count). The molecule has 0 saturated carbocycles. The third-order valence-electron chi connectivity index (χ3n) is 2.14. The highest BCUT2D eigenvalue weighted by Gasteiger charge is 2.17. The summed E-state index contributed by atoms with van der Waals surface area (Å²) in [6.45, 7) is 1.94. The summed E-state index contributed by atoms with van der Waals surface area (Å²) in [5, 5.41) is 0. The van der Waals surface area contributed by atoms with Crippen molar-refractivity contribution in [3.8, 4) is 0 Å². The predicted octanol–water partition coefficient (Wildman–Crippen LogP) is 1.59. The molecular weight excluding hydrogens is 310 g/mol. The largest absolute Gasteiger partial charge is 0.465 e. The molecule has 0 aliphatic carbocycles. The van der Waals surface area contributed by atoms with E-state index in [2.05, 4.69) is 20.7 Å². The van der Waals surface area contributed by atoms with Gasteiger partial charge in [-0.25, -0.2) is 13.2 Å². The van der Waals surface area contributed by atoms with Crippen LogP contribution in [0.4, 0.5) is 5.69 Å². The zero-order valence-electron chi connectivity index (χ0n) is 9.34. The normalized spacial score (nSPS) is 10.4. The van der Waals surface area contributed by atoms with E-state index in [0.29, 0.717) is 10.2 Å². The first-order valence-electron chi connectivity index (χ1n) is 4.81. The molecule has 0 amide bonds. The fraction of sp³-hybridized carbons (Fsp3) is 0.300. The van der Waals surface area contributed by atoms with Gasteiger partial charge >= 0.3 is 5.97 Å². The fourth-order valence-electron chi connectivity index (χ4n) is 1.37. The number of carbonyl (C=O) groups is 1. The van der Waals surface area contributed by atoms with Crippen molar-refractivity contribution in [2.75, 3.05) is 18.0 Å². The van der Waals surface area contributed by atoms with Crippen LogP contribution in [-0.2, 0) is 15.6 Å². The van der Waals surface area contributed by atoms with E-state index < -0.39 is 16.9 Å². The van der Waals surface area contributed by atoms with Crippen molar-refractivity contribution in [1.82, 2.24) is 0 Å². The topological polar surface area (TPSA) is 63.7 Å². The van der Waals surface area contributed by atoms with Gasteiger partial charge in [0.25, 0.3) is 0 Å². The highest BCUT2D eigenvalue weighted by molar-refractivity contribution is 9.10. The quantitative estimate of drug-likeness (QED) is 0.675. The summed E-state index contributed by atoms with van der Waals surface area (Å²) in [6, 6.07) is 4.75. The van der Waals surface area contributed by atoms with Crippen LogP contribution in [0.1, 0.15) is 17.3 Å². The van der Waals surface area contributed by atoms with E-state index in [1.165, 1.54) is 13.2 Å². The molecule has 0 fully saturated rings. The first kappa shape index (κ1) is 14.0. The van der Waals surface area contributed by atoms with Crippen molar-refractivity contribution >= 4 is 38.5 Å². The van der Waals surface area contributed by atoms with Crippen molar-refractivity contribution in [1.29, 1.82) is 0 Å². The van der Waals surface area contributed by atoms with E-state index >= 15 is 0 Å². The van der Waals surface area contributed by atoms with Crippen molar-refractivity contribution in [3.63, 3.8) is 0 Å². The predicted molar refractivity (Wildman–Crippen MR) is 68.8 cm³/mol. The van der Waals surface area contributed by atoms with Crippen molar-refractivity contribution in [2.45, 2.75) is 6.92 Å². The Morgan fingerprint density at radius 1 is 1.47 bits per heavy atom. The van der Waals surface area contributed by atoms with E-state index in [1.807, 2.05) is 0 Å². The Kier molecular flexibility index (Phi) is 4.95. The van der Waals surface area contributed by atoms with Gasteiger partial charge in [0, 0.05) is 11.0 Å². The molecule has 7 heteroatoms. The number of halogens is 1. The van der Waals surface area contributed by atoms with Crippen LogP contribution in [-0.4, -0.2) is 28.0 Å². The lowest BCUT2D eigenvalue weighted by Gasteiger charge is -2.18. The van der Waals surface area contributed by atoms with Crippen LogP contribution in [0.2, 0.25) is 0 Å². The summed E-state index contributed by atoms with van der Waals surface area (Å²) < 4.78 is 28.6. The monoisotopic (exact) mass is 321 g/mol. The van der Waals surface area contributed by atoms with Gasteiger partial charge in [-0.1, -0.05) is 15.9 Å². The maximum Gasteiger partial charge on any atom is 0.340 e. The van der Waals surface area contributed by atoms with E-state index in [1.54, 1.807) is 19.1 Å². The number of methoxy groups -OCH3 is 1. The molecular formula is C10H12BrNO4S. The Balaban J connectivity index is 3.37. The van der Waals surface area contributed by atoms with Crippen molar-refractivity contribution in [2.24, 2.45) is 0 Å². The average molecular weight is 322 g/mol. The molecule has 0 aliphatic heterocycles. The zero-order chi connectivity index (χ0) is 13.0. The summed E-state index contributed by atoms with van der Waals surface area (Å²) in [6.07, 6.45) is 0. The number of rotatable bonds is 4. The number of hydrogen-bond acceptors (Lipinski definition) is 4. The van der Waals surface area contributed by atoms with Crippen LogP contribution in [0.5, 0.6) is 0 Å². The van der Waals surface area contributed by atoms with Gasteiger partial charge in [0.1, 0.15) is 0 Å². The van der Waals surface area contributed by atoms with Crippen molar-refractivity contribution in [3.05, 3.63) is 28.2 Å². The molecule has 0 bridgehead atoms. The second-order valence-electron chi connectivity index (χ2n) is 3.11. The van der Waals surface area contributed by atoms with E-state index in [9.17, 15) is 13.2 Å². The molecule has 94 valence electrons. The number of benzene rings is 1. The molecule has 0 radical (unpaired) electrons. The first-order chi connectivity index (χ1) is 8.01. The van der Waals surface area contributed by atoms with Gasteiger partial charge < -0.3 is 4.74 Å². The molecule has 0 aromatic heterocycles. The number of esters is 1. The molecule has 0 saturated heterocycles. The first-order valence-corrected chi connectivity index (χ1v) is 6.73. The SMILES string of the molecule is CCN(c1cc(Br)ccc1C(=O)OC)[SH](=O)=O. The molecule has 0 aliphatic rings. The minimum atomic E-state index is -2.79. The maximum absolute atomic E-state index is 11.5. The summed E-state index contributed by atoms with van der Waals surface area (Å²) in [5.41, 5.74) is 0.529. The molecule has 0 spiro atoms. The molecule has 0 atom stereocenters. The minimum Gasteiger partial charge on any atom is -0.465 e. The number of hydrogen-bond donors (Lipinski definition) is 1. The Hall–Kier alpha value is -1.08. The number of carbonyl (C=O) groups excluding carboxylic acids is 1. The van der Waals surface area contributed by atoms with Gasteiger partial charge in [-0.2, -0.15) is 0 Å². The second kappa shape index (κ2) is 6.02. The van der Waals surface area contributed by atoms with Crippen LogP contribution in [0.3, 0.4) is 0 Å². The zero-order valence-corrected chi connectivity index (χ0v) is 11.8. The lowest BCUT2D eigenvalue weighted by Crippen LogP contribution is -2.23. The van der Waals surface area contributed by atoms with Crippen LogP contribution < -0.4 is 4.31 Å². The van der Waals surface area contributed by atoms with Gasteiger partial charge in [-0.05, 0) is 25.1 Å². The second-order valence-corrected chi connectivity index (χ2v) is 4.98. The molecule has 0 N–H and O–H groups in total. The number of nitrogens with zero attached hydrogens (tertiary/aromatic N) is 1. The maximum atomic E-state index is 11.5. The van der Waals surface area contributed by atoms with Crippen molar-refractivity contribution < 1.29 is 17.9 Å². The Morgan fingerprint density at radius 3 is 2.59 bits per heavy atom. The summed E-state index contributed by atoms with van der Waals surface area (Å²) >= 11 is 3.24. The number of ether oxygens (including phenoxy) is 1. The fourth-order valence-corrected chi connectivity index (χ4v) is 2.30.